The Labute approximate surface area is 382 Å². The van der Waals surface area contributed by atoms with E-state index in [1.165, 1.54) is 25.7 Å². The third-order valence-electron chi connectivity index (χ3n) is 16.6. The molecule has 0 N–H and O–H groups in total. The molecular weight excluding hydrogens is 962 g/mol. The van der Waals surface area contributed by atoms with Crippen molar-refractivity contribution in [1.29, 1.82) is 0 Å². The fraction of sp³-hybridized carbons (Fsp3) is 0.872. The van der Waals surface area contributed by atoms with E-state index in [0.717, 1.165) is 77.5 Å². The summed E-state index contributed by atoms with van der Waals surface area (Å²) >= 11 is 0. The summed E-state index contributed by atoms with van der Waals surface area (Å²) in [6.45, 7) is 21.2. The molecule has 61 heavy (non-hydrogen) atoms. The van der Waals surface area contributed by atoms with Crippen LogP contribution in [-0.4, -0.2) is 108 Å². The zero-order chi connectivity index (χ0) is 41.9. The minimum absolute atomic E-state index is 0. The van der Waals surface area contributed by atoms with Crippen molar-refractivity contribution in [3.8, 4) is 0 Å². The van der Waals surface area contributed by atoms with Crippen LogP contribution in [0.25, 0.3) is 0 Å². The average molecular weight is 1040 g/mol. The monoisotopic (exact) mass is 1040 g/mol. The minimum Gasteiger partial charge on any atom is -0.511 e. The van der Waals surface area contributed by atoms with Gasteiger partial charge < -0.3 is 43.3 Å². The first-order chi connectivity index (χ1) is 28.8. The van der Waals surface area contributed by atoms with Crippen molar-refractivity contribution in [2.24, 2.45) is 47.3 Å². The molecule has 3 saturated carbocycles. The summed E-state index contributed by atoms with van der Waals surface area (Å²) in [7, 11) is 4.10. The van der Waals surface area contributed by atoms with E-state index in [1.54, 1.807) is 0 Å². The molecule has 0 aromatic rings. The maximum absolute atomic E-state index is 6.69. The van der Waals surface area contributed by atoms with Crippen LogP contribution in [0.15, 0.2) is 24.8 Å². The van der Waals surface area contributed by atoms with Gasteiger partial charge in [0.25, 0.3) is 0 Å². The molecule has 0 aromatic heterocycles. The molecule has 16 atom stereocenters. The molecule has 7 saturated heterocycles. The normalized spacial score (nSPS) is 46.7. The third-order valence-corrected chi connectivity index (χ3v) is 16.6. The van der Waals surface area contributed by atoms with Crippen molar-refractivity contribution in [3.05, 3.63) is 38.1 Å². The Morgan fingerprint density at radius 2 is 1.15 bits per heavy atom. The molecule has 0 aromatic carbocycles. The summed E-state index contributed by atoms with van der Waals surface area (Å²) in [6, 6.07) is 0. The van der Waals surface area contributed by atoms with Crippen LogP contribution in [0.1, 0.15) is 125 Å². The summed E-state index contributed by atoms with van der Waals surface area (Å²) in [4.78, 5) is 33.1. The summed E-state index contributed by atoms with van der Waals surface area (Å²) in [5, 5.41) is 0. The molecular formula is C47H76AuN4O9+. The van der Waals surface area contributed by atoms with Gasteiger partial charge in [-0.1, -0.05) is 27.7 Å². The van der Waals surface area contributed by atoms with E-state index in [4.69, 9.17) is 43.2 Å². The Morgan fingerprint density at radius 3 is 1.74 bits per heavy atom. The first-order valence-corrected chi connectivity index (χ1v) is 23.8. The SMILES string of the molecule is C[C@H]1[C@@H](OCCCCN2C=CN(C)[CH-]2)O[C@@H]2CC3(C)CC[C@H]4[C@H](C)CC[C@@H]1[C@@]24OO3.C[C@H]1[C@@H](OCCCCN2C=CN(C)[CH-]2)O[C@@H]2OC3(C)CC[C@H]4[C@H](C)CC[C@@H]1[C@@]24OO3.[Au+3]. The van der Waals surface area contributed by atoms with Gasteiger partial charge in [-0.05, 0) is 160 Å². The van der Waals surface area contributed by atoms with Gasteiger partial charge in [0.15, 0.2) is 24.5 Å². The Bertz CT molecular complexity index is 1440. The second-order valence-electron chi connectivity index (χ2n) is 20.9. The maximum atomic E-state index is 6.69. The number of fused-ring (bicyclic) bond motifs is 4. The van der Waals surface area contributed by atoms with Crippen LogP contribution in [-0.2, 0) is 65.6 Å². The molecule has 9 heterocycles. The molecule has 9 aliphatic heterocycles. The molecule has 2 spiro atoms. The Kier molecular flexibility index (Phi) is 14.3. The molecule has 10 fully saturated rings. The number of rotatable bonds is 12. The second-order valence-corrected chi connectivity index (χ2v) is 20.9. The molecule has 12 rings (SSSR count). The zero-order valence-corrected chi connectivity index (χ0v) is 40.3. The molecule has 2 unspecified atom stereocenters. The summed E-state index contributed by atoms with van der Waals surface area (Å²) in [5.41, 5.74) is -1.01. The quantitative estimate of drug-likeness (QED) is 0.0817. The molecule has 0 radical (unpaired) electrons. The molecule has 14 heteroatoms. The molecule has 0 amide bonds. The van der Waals surface area contributed by atoms with Crippen LogP contribution in [0.2, 0.25) is 0 Å². The van der Waals surface area contributed by atoms with E-state index in [1.807, 2.05) is 14.0 Å². The van der Waals surface area contributed by atoms with Gasteiger partial charge in [0, 0.05) is 49.7 Å². The first-order valence-electron chi connectivity index (χ1n) is 23.8. The van der Waals surface area contributed by atoms with Gasteiger partial charge in [0.1, 0.15) is 11.2 Å². The molecule has 13 nitrogen and oxygen atoms in total. The summed E-state index contributed by atoms with van der Waals surface area (Å²) < 4.78 is 32.2. The fourth-order valence-electron chi connectivity index (χ4n) is 13.1. The zero-order valence-electron chi connectivity index (χ0n) is 38.2. The van der Waals surface area contributed by atoms with Gasteiger partial charge in [0.05, 0.1) is 6.10 Å². The van der Waals surface area contributed by atoms with Gasteiger partial charge in [-0.2, -0.15) is 13.3 Å². The number of hydrogen-bond donors (Lipinski definition) is 0. The number of ether oxygens (including phenoxy) is 5. The van der Waals surface area contributed by atoms with Crippen molar-refractivity contribution < 1.29 is 65.6 Å². The maximum Gasteiger partial charge on any atom is 3.00 e. The van der Waals surface area contributed by atoms with Crippen LogP contribution in [0.4, 0.5) is 0 Å². The number of nitrogens with zero attached hydrogens (tertiary/aromatic N) is 4. The third kappa shape index (κ3) is 8.89. The van der Waals surface area contributed by atoms with E-state index in [2.05, 4.69) is 99.4 Å². The van der Waals surface area contributed by atoms with Crippen molar-refractivity contribution in [2.75, 3.05) is 40.4 Å². The molecule has 3 aliphatic carbocycles. The predicted octanol–water partition coefficient (Wildman–Crippen LogP) is 8.11. The van der Waals surface area contributed by atoms with Crippen molar-refractivity contribution in [1.82, 2.24) is 19.6 Å². The van der Waals surface area contributed by atoms with Crippen molar-refractivity contribution >= 4 is 0 Å². The van der Waals surface area contributed by atoms with Crippen LogP contribution in [0, 0.1) is 60.7 Å². The van der Waals surface area contributed by atoms with E-state index >= 15 is 0 Å². The Hall–Kier alpha value is -0.940. The fourth-order valence-corrected chi connectivity index (χ4v) is 13.1. The second kappa shape index (κ2) is 18.7. The largest absolute Gasteiger partial charge is 3.00 e. The summed E-state index contributed by atoms with van der Waals surface area (Å²) in [5.74, 6) is 2.79. The van der Waals surface area contributed by atoms with Gasteiger partial charge in [-0.15, -0.1) is 0 Å². The standard InChI is InChI=1S/C24H39N2O4.C23H37N2O5.Au/c1-17-7-8-20-18(2)22(27-14-6-5-11-26-13-12-25(4)16-26)28-21-15-23(3)10-9-19(17)24(20,21)30-29-23;1-16-7-8-19-17(2)20(26-14-6-5-11-25-13-12-24(4)15-25)27-21-23(19)18(16)9-10-22(3,28-21)29-30-23;/h12-13,16-22H,5-11,14-15H2,1-4H3;12-13,15-21H,5-11,14H2,1-4H3;/q2*-1;+3/t17-,18-,19+,20+,21-,22+,23?,24-;16-,17-,18+,19+,20+,21-,22?,23-;/m11./s1. The number of unbranched alkanes of at least 4 members (excludes halogenated alkanes) is 2. The van der Waals surface area contributed by atoms with Gasteiger partial charge in [-0.25, -0.2) is 19.6 Å². The van der Waals surface area contributed by atoms with E-state index in [0.29, 0.717) is 48.0 Å². The van der Waals surface area contributed by atoms with Crippen LogP contribution in [0.3, 0.4) is 0 Å². The smallest absolute Gasteiger partial charge is 0.511 e. The van der Waals surface area contributed by atoms with Gasteiger partial charge in [0.2, 0.25) is 5.79 Å². The Balaban J connectivity index is 0.000000166. The molecule has 12 aliphatic rings. The van der Waals surface area contributed by atoms with Gasteiger partial charge >= 0.3 is 22.4 Å². The van der Waals surface area contributed by atoms with Crippen LogP contribution >= 0.6 is 0 Å². The number of hydrogen-bond acceptors (Lipinski definition) is 13. The van der Waals surface area contributed by atoms with Crippen molar-refractivity contribution in [2.45, 2.75) is 173 Å². The van der Waals surface area contributed by atoms with E-state index in [-0.39, 0.29) is 58.2 Å². The van der Waals surface area contributed by atoms with Crippen LogP contribution in [0.5, 0.6) is 0 Å². The topological polar surface area (TPSA) is 96.0 Å². The van der Waals surface area contributed by atoms with E-state index < -0.39 is 17.7 Å². The van der Waals surface area contributed by atoms with Gasteiger partial charge in [-0.3, -0.25) is 0 Å². The first kappa shape index (κ1) is 46.6. The Morgan fingerprint density at radius 1 is 0.607 bits per heavy atom. The molecule has 4 bridgehead atoms. The summed E-state index contributed by atoms with van der Waals surface area (Å²) in [6.07, 6.45) is 21.7. The average Bonchev–Trinajstić information content (AvgIpc) is 3.67. The minimum atomic E-state index is -0.727. The predicted molar refractivity (Wildman–Crippen MR) is 223 cm³/mol. The van der Waals surface area contributed by atoms with Crippen molar-refractivity contribution in [3.63, 3.8) is 0 Å². The van der Waals surface area contributed by atoms with Crippen LogP contribution < -0.4 is 0 Å². The van der Waals surface area contributed by atoms with E-state index in [9.17, 15) is 0 Å². The molecule has 348 valence electrons.